The fraction of sp³-hybridized carbons (Fsp3) is 0.375. The largest absolute Gasteiger partial charge is 0.481 e. The maximum Gasteiger partial charge on any atom is 0.308 e. The molecule has 2 aliphatic rings. The van der Waals surface area contributed by atoms with Crippen LogP contribution < -0.4 is 26.0 Å². The minimum absolute atomic E-state index is 0.00295. The maximum atomic E-state index is 11.9. The molecule has 2 fully saturated rings. The van der Waals surface area contributed by atoms with Gasteiger partial charge in [0.15, 0.2) is 5.82 Å². The molecule has 0 bridgehead atoms. The van der Waals surface area contributed by atoms with Crippen molar-refractivity contribution < 1.29 is 19.1 Å². The third-order valence-electron chi connectivity index (χ3n) is 10.3. The SMILES string of the molecule is COC(=O)C1CCC(NCc2nc3c(Nc4cccc(-c5cccc(-c6cc(C)c(CNCC7CCC(=O)N7)c(OC)n6)c5Cl)c4Cl)nccc3s2)CC1. The number of thiazole rings is 1. The smallest absolute Gasteiger partial charge is 0.308 e. The summed E-state index contributed by atoms with van der Waals surface area (Å²) >= 11 is 15.9. The number of hydrogen-bond acceptors (Lipinski definition) is 11. The topological polar surface area (TPSA) is 139 Å². The fourth-order valence-corrected chi connectivity index (χ4v) is 8.81. The molecule has 7 rings (SSSR count). The number of nitrogens with zero attached hydrogens (tertiary/aromatic N) is 3. The number of rotatable bonds is 13. The average molecular weight is 789 g/mol. The lowest BCUT2D eigenvalue weighted by Crippen LogP contribution is -2.35. The van der Waals surface area contributed by atoms with E-state index in [1.165, 1.54) is 7.11 Å². The number of methoxy groups -OCH3 is 2. The minimum atomic E-state index is -0.109. The summed E-state index contributed by atoms with van der Waals surface area (Å²) in [6, 6.07) is 16.1. The first kappa shape index (κ1) is 38.0. The molecule has 1 aliphatic carbocycles. The highest BCUT2D eigenvalue weighted by molar-refractivity contribution is 7.18. The number of fused-ring (bicyclic) bond motifs is 1. The fourth-order valence-electron chi connectivity index (χ4n) is 7.30. The molecule has 54 heavy (non-hydrogen) atoms. The van der Waals surface area contributed by atoms with Crippen molar-refractivity contribution in [2.45, 2.75) is 70.6 Å². The number of carbonyl (C=O) groups is 2. The molecule has 282 valence electrons. The summed E-state index contributed by atoms with van der Waals surface area (Å²) in [4.78, 5) is 37.9. The summed E-state index contributed by atoms with van der Waals surface area (Å²) in [6.07, 6.45) is 6.70. The summed E-state index contributed by atoms with van der Waals surface area (Å²) in [5, 5.41) is 15.5. The van der Waals surface area contributed by atoms with Crippen LogP contribution in [0.5, 0.6) is 5.88 Å². The number of halogens is 2. The molecule has 1 saturated carbocycles. The van der Waals surface area contributed by atoms with Crippen LogP contribution in [0.15, 0.2) is 54.7 Å². The van der Waals surface area contributed by atoms with Crippen molar-refractivity contribution in [3.8, 4) is 28.3 Å². The maximum absolute atomic E-state index is 11.9. The van der Waals surface area contributed by atoms with Gasteiger partial charge in [-0.05, 0) is 62.8 Å². The van der Waals surface area contributed by atoms with Gasteiger partial charge in [-0.3, -0.25) is 9.59 Å². The van der Waals surface area contributed by atoms with Gasteiger partial charge in [-0.2, -0.15) is 0 Å². The van der Waals surface area contributed by atoms with E-state index in [9.17, 15) is 9.59 Å². The monoisotopic (exact) mass is 787 g/mol. The number of aryl methyl sites for hydroxylation is 1. The number of ether oxygens (including phenoxy) is 2. The Balaban J connectivity index is 1.07. The summed E-state index contributed by atoms with van der Waals surface area (Å²) in [5.74, 6) is 1.12. The van der Waals surface area contributed by atoms with Gasteiger partial charge in [0.25, 0.3) is 0 Å². The van der Waals surface area contributed by atoms with Gasteiger partial charge in [-0.15, -0.1) is 11.3 Å². The number of esters is 1. The Kier molecular flexibility index (Phi) is 11.9. The lowest BCUT2D eigenvalue weighted by atomic mass is 9.86. The van der Waals surface area contributed by atoms with Crippen molar-refractivity contribution in [1.82, 2.24) is 30.9 Å². The zero-order valence-electron chi connectivity index (χ0n) is 30.4. The van der Waals surface area contributed by atoms with Crippen molar-refractivity contribution in [1.29, 1.82) is 0 Å². The summed E-state index contributed by atoms with van der Waals surface area (Å²) in [6.45, 7) is 3.90. The molecule has 14 heteroatoms. The molecule has 1 amide bonds. The first-order chi connectivity index (χ1) is 26.2. The van der Waals surface area contributed by atoms with Gasteiger partial charge in [-0.1, -0.05) is 53.5 Å². The molecule has 0 radical (unpaired) electrons. The second-order valence-electron chi connectivity index (χ2n) is 13.8. The minimum Gasteiger partial charge on any atom is -0.481 e. The van der Waals surface area contributed by atoms with Crippen molar-refractivity contribution in [3.63, 3.8) is 0 Å². The molecule has 4 N–H and O–H groups in total. The Morgan fingerprint density at radius 3 is 2.46 bits per heavy atom. The van der Waals surface area contributed by atoms with E-state index in [0.29, 0.717) is 65.2 Å². The Morgan fingerprint density at radius 2 is 1.72 bits per heavy atom. The molecule has 2 aromatic carbocycles. The Bertz CT molecular complexity index is 2170. The normalized spacial score (nSPS) is 18.5. The summed E-state index contributed by atoms with van der Waals surface area (Å²) < 4.78 is 11.7. The van der Waals surface area contributed by atoms with E-state index in [1.54, 1.807) is 24.6 Å². The van der Waals surface area contributed by atoms with E-state index in [0.717, 1.165) is 75.1 Å². The van der Waals surface area contributed by atoms with E-state index >= 15 is 0 Å². The highest BCUT2D eigenvalue weighted by atomic mass is 35.5. The molecular weight excluding hydrogens is 745 g/mol. The first-order valence-corrected chi connectivity index (χ1v) is 19.7. The van der Waals surface area contributed by atoms with Crippen molar-refractivity contribution >= 4 is 68.1 Å². The molecule has 5 aromatic rings. The van der Waals surface area contributed by atoms with E-state index in [-0.39, 0.29) is 23.8 Å². The van der Waals surface area contributed by atoms with Gasteiger partial charge in [0.2, 0.25) is 11.8 Å². The number of pyridine rings is 2. The van der Waals surface area contributed by atoms with Crippen LogP contribution in [0.4, 0.5) is 11.5 Å². The van der Waals surface area contributed by atoms with E-state index < -0.39 is 0 Å². The van der Waals surface area contributed by atoms with E-state index in [2.05, 4.69) is 26.3 Å². The van der Waals surface area contributed by atoms with Crippen molar-refractivity contribution in [2.75, 3.05) is 26.1 Å². The molecule has 0 spiro atoms. The van der Waals surface area contributed by atoms with Crippen LogP contribution in [0, 0.1) is 12.8 Å². The molecule has 1 atom stereocenters. The van der Waals surface area contributed by atoms with Crippen LogP contribution in [0.2, 0.25) is 10.0 Å². The number of hydrogen-bond donors (Lipinski definition) is 4. The standard InChI is InChI=1S/C40H43Cl2N7O4S/c1-22-18-31(48-39(52-2)29(22)20-43-19-25-14-15-33(50)46-25)28-8-4-6-26(35(28)41)27-7-5-9-30(36(27)42)47-38-37-32(16-17-44-38)54-34(49-37)21-45-24-12-10-23(11-13-24)40(51)53-3/h4-9,16-18,23-25,43,45H,10-15,19-21H2,1-3H3,(H,44,47)(H,46,50). The molecule has 11 nitrogen and oxygen atoms in total. The quantitative estimate of drug-likeness (QED) is 0.0869. The summed E-state index contributed by atoms with van der Waals surface area (Å²) in [5.41, 5.74) is 6.37. The van der Waals surface area contributed by atoms with Gasteiger partial charge in [0, 0.05) is 66.6 Å². The number of amides is 1. The van der Waals surface area contributed by atoms with Gasteiger partial charge >= 0.3 is 5.97 Å². The number of anilines is 2. The molecule has 1 saturated heterocycles. The number of aromatic nitrogens is 3. The third-order valence-corrected chi connectivity index (χ3v) is 12.1. The van der Waals surface area contributed by atoms with E-state index in [4.69, 9.17) is 42.6 Å². The molecule has 1 unspecified atom stereocenters. The Labute approximate surface area is 328 Å². The van der Waals surface area contributed by atoms with Crippen molar-refractivity contribution in [2.24, 2.45) is 5.92 Å². The second kappa shape index (κ2) is 17.0. The number of carbonyl (C=O) groups excluding carboxylic acids is 2. The zero-order valence-corrected chi connectivity index (χ0v) is 32.8. The molecule has 1 aliphatic heterocycles. The van der Waals surface area contributed by atoms with Gasteiger partial charge in [0.1, 0.15) is 10.5 Å². The molecule has 4 heterocycles. The van der Waals surface area contributed by atoms with Gasteiger partial charge in [-0.25, -0.2) is 15.0 Å². The van der Waals surface area contributed by atoms with Crippen LogP contribution in [0.1, 0.15) is 54.7 Å². The molecule has 3 aromatic heterocycles. The lowest BCUT2D eigenvalue weighted by molar-refractivity contribution is -0.146. The van der Waals surface area contributed by atoms with Crippen LogP contribution in [0.3, 0.4) is 0 Å². The van der Waals surface area contributed by atoms with Crippen LogP contribution >= 0.6 is 34.5 Å². The van der Waals surface area contributed by atoms with Crippen LogP contribution in [-0.4, -0.2) is 59.7 Å². The Morgan fingerprint density at radius 1 is 0.963 bits per heavy atom. The Hall–Kier alpha value is -4.33. The highest BCUT2D eigenvalue weighted by Gasteiger charge is 2.27. The van der Waals surface area contributed by atoms with Crippen molar-refractivity contribution in [3.05, 3.63) is 80.9 Å². The van der Waals surface area contributed by atoms with Crippen LogP contribution in [0.25, 0.3) is 32.6 Å². The highest BCUT2D eigenvalue weighted by Crippen LogP contribution is 2.43. The predicted molar refractivity (Wildman–Crippen MR) is 215 cm³/mol. The third kappa shape index (κ3) is 8.33. The van der Waals surface area contributed by atoms with Gasteiger partial charge < -0.3 is 30.7 Å². The lowest BCUT2D eigenvalue weighted by Gasteiger charge is -2.27. The average Bonchev–Trinajstić information content (AvgIpc) is 3.81. The summed E-state index contributed by atoms with van der Waals surface area (Å²) in [7, 11) is 3.07. The predicted octanol–water partition coefficient (Wildman–Crippen LogP) is 7.98. The zero-order chi connectivity index (χ0) is 37.8. The molecular formula is C40H43Cl2N7O4S. The first-order valence-electron chi connectivity index (χ1n) is 18.2. The number of nitrogens with one attached hydrogen (secondary N) is 4. The second-order valence-corrected chi connectivity index (χ2v) is 15.6. The van der Waals surface area contributed by atoms with Crippen LogP contribution in [-0.2, 0) is 27.4 Å². The van der Waals surface area contributed by atoms with E-state index in [1.807, 2.05) is 55.5 Å². The number of benzene rings is 2. The van der Waals surface area contributed by atoms with Gasteiger partial charge in [0.05, 0.1) is 46.3 Å².